The minimum Gasteiger partial charge on any atom is -0.432 e. The van der Waals surface area contributed by atoms with E-state index in [1.807, 2.05) is 6.26 Å². The van der Waals surface area contributed by atoms with Crippen molar-refractivity contribution >= 4 is 6.01 Å². The van der Waals surface area contributed by atoms with Gasteiger partial charge in [0.25, 0.3) is 6.01 Å². The van der Waals surface area contributed by atoms with Crippen LogP contribution in [0.3, 0.4) is 0 Å². The molecule has 2 aliphatic carbocycles. The maximum absolute atomic E-state index is 5.72. The first-order valence-corrected chi connectivity index (χ1v) is 8.10. The number of hydrogen-bond donors (Lipinski definition) is 1. The molecule has 2 saturated carbocycles. The van der Waals surface area contributed by atoms with Gasteiger partial charge in [0.05, 0.1) is 5.69 Å². The Morgan fingerprint density at radius 1 is 1.25 bits per heavy atom. The van der Waals surface area contributed by atoms with Crippen molar-refractivity contribution in [2.45, 2.75) is 46.1 Å². The van der Waals surface area contributed by atoms with Crippen LogP contribution < -0.4 is 10.2 Å². The summed E-state index contributed by atoms with van der Waals surface area (Å²) < 4.78 is 5.72. The molecular formula is C16H27N3O. The lowest BCUT2D eigenvalue weighted by molar-refractivity contribution is 0.515. The van der Waals surface area contributed by atoms with Crippen LogP contribution in [0.5, 0.6) is 0 Å². The first-order chi connectivity index (χ1) is 9.70. The third-order valence-electron chi connectivity index (χ3n) is 4.02. The van der Waals surface area contributed by atoms with E-state index in [1.165, 1.54) is 25.7 Å². The number of anilines is 1. The van der Waals surface area contributed by atoms with Gasteiger partial charge < -0.3 is 14.6 Å². The van der Waals surface area contributed by atoms with E-state index in [9.17, 15) is 0 Å². The van der Waals surface area contributed by atoms with Gasteiger partial charge >= 0.3 is 0 Å². The van der Waals surface area contributed by atoms with E-state index in [-0.39, 0.29) is 0 Å². The van der Waals surface area contributed by atoms with Crippen molar-refractivity contribution in [1.82, 2.24) is 10.3 Å². The Kier molecular flexibility index (Phi) is 4.29. The molecule has 0 aliphatic heterocycles. The minimum absolute atomic E-state index is 0.669. The van der Waals surface area contributed by atoms with Crippen LogP contribution in [0, 0.1) is 17.8 Å². The molecule has 1 aromatic heterocycles. The van der Waals surface area contributed by atoms with Crippen molar-refractivity contribution in [3.05, 3.63) is 12.0 Å². The molecule has 1 heterocycles. The zero-order valence-electron chi connectivity index (χ0n) is 12.8. The van der Waals surface area contributed by atoms with Crippen LogP contribution in [0.1, 0.15) is 45.2 Å². The molecule has 1 aromatic rings. The molecule has 2 fully saturated rings. The Morgan fingerprint density at radius 2 is 1.90 bits per heavy atom. The Balaban J connectivity index is 1.54. The van der Waals surface area contributed by atoms with Crippen molar-refractivity contribution in [2.75, 3.05) is 24.5 Å². The molecule has 0 saturated heterocycles. The SMILES string of the molecule is CC(C)CNCc1coc(N(CC2CC2)CC2CC2)n1. The second kappa shape index (κ2) is 6.17. The second-order valence-corrected chi connectivity index (χ2v) is 6.94. The molecule has 0 amide bonds. The quantitative estimate of drug-likeness (QED) is 0.753. The highest BCUT2D eigenvalue weighted by Gasteiger charge is 2.31. The first-order valence-electron chi connectivity index (χ1n) is 8.10. The molecule has 2 aliphatic rings. The van der Waals surface area contributed by atoms with E-state index in [1.54, 1.807) is 0 Å². The van der Waals surface area contributed by atoms with Crippen molar-refractivity contribution in [1.29, 1.82) is 0 Å². The van der Waals surface area contributed by atoms with Gasteiger partial charge in [-0.05, 0) is 50.0 Å². The number of aromatic nitrogens is 1. The fraction of sp³-hybridized carbons (Fsp3) is 0.812. The van der Waals surface area contributed by atoms with E-state index in [0.717, 1.165) is 49.7 Å². The summed E-state index contributed by atoms with van der Waals surface area (Å²) in [7, 11) is 0. The molecule has 3 rings (SSSR count). The lowest BCUT2D eigenvalue weighted by Gasteiger charge is -2.20. The topological polar surface area (TPSA) is 41.3 Å². The zero-order chi connectivity index (χ0) is 13.9. The predicted molar refractivity (Wildman–Crippen MR) is 80.7 cm³/mol. The highest BCUT2D eigenvalue weighted by molar-refractivity contribution is 5.28. The van der Waals surface area contributed by atoms with Crippen molar-refractivity contribution in [3.63, 3.8) is 0 Å². The van der Waals surface area contributed by atoms with E-state index < -0.39 is 0 Å². The van der Waals surface area contributed by atoms with E-state index in [0.29, 0.717) is 5.92 Å². The average molecular weight is 277 g/mol. The summed E-state index contributed by atoms with van der Waals surface area (Å²) in [6.07, 6.45) is 7.33. The maximum atomic E-state index is 5.72. The Morgan fingerprint density at radius 3 is 2.45 bits per heavy atom. The van der Waals surface area contributed by atoms with Crippen LogP contribution in [-0.4, -0.2) is 24.6 Å². The number of nitrogens with zero attached hydrogens (tertiary/aromatic N) is 2. The van der Waals surface area contributed by atoms with Crippen LogP contribution in [0.4, 0.5) is 6.01 Å². The third kappa shape index (κ3) is 4.23. The predicted octanol–water partition coefficient (Wildman–Crippen LogP) is 3.05. The average Bonchev–Trinajstić information content (AvgIpc) is 3.32. The number of hydrogen-bond acceptors (Lipinski definition) is 4. The largest absolute Gasteiger partial charge is 0.432 e. The van der Waals surface area contributed by atoms with Gasteiger partial charge in [0.15, 0.2) is 0 Å². The number of nitrogens with one attached hydrogen (secondary N) is 1. The molecule has 4 nitrogen and oxygen atoms in total. The summed E-state index contributed by atoms with van der Waals surface area (Å²) in [5.74, 6) is 2.42. The standard InChI is InChI=1S/C16H27N3O/c1-12(2)7-17-8-15-11-20-16(18-15)19(9-13-3-4-13)10-14-5-6-14/h11-14,17H,3-10H2,1-2H3. The van der Waals surface area contributed by atoms with E-state index in [2.05, 4.69) is 29.0 Å². The summed E-state index contributed by atoms with van der Waals surface area (Å²) in [6.45, 7) is 8.53. The summed E-state index contributed by atoms with van der Waals surface area (Å²) >= 11 is 0. The molecule has 0 aromatic carbocycles. The molecular weight excluding hydrogens is 250 g/mol. The van der Waals surface area contributed by atoms with Crippen LogP contribution >= 0.6 is 0 Å². The van der Waals surface area contributed by atoms with Crippen LogP contribution in [0.2, 0.25) is 0 Å². The molecule has 1 N–H and O–H groups in total. The number of oxazole rings is 1. The Hall–Kier alpha value is -1.03. The van der Waals surface area contributed by atoms with Gasteiger partial charge in [-0.2, -0.15) is 4.98 Å². The molecule has 0 bridgehead atoms. The highest BCUT2D eigenvalue weighted by atomic mass is 16.4. The van der Waals surface area contributed by atoms with Crippen LogP contribution in [0.25, 0.3) is 0 Å². The molecule has 20 heavy (non-hydrogen) atoms. The first kappa shape index (κ1) is 13.9. The molecule has 0 atom stereocenters. The minimum atomic E-state index is 0.669. The summed E-state index contributed by atoms with van der Waals surface area (Å²) in [5, 5.41) is 3.42. The lowest BCUT2D eigenvalue weighted by atomic mass is 10.2. The molecule has 0 radical (unpaired) electrons. The molecule has 0 unspecified atom stereocenters. The highest BCUT2D eigenvalue weighted by Crippen LogP contribution is 2.35. The van der Waals surface area contributed by atoms with Gasteiger partial charge in [-0.15, -0.1) is 0 Å². The summed E-state index contributed by atoms with van der Waals surface area (Å²) in [5.41, 5.74) is 1.03. The van der Waals surface area contributed by atoms with Gasteiger partial charge in [0, 0.05) is 19.6 Å². The fourth-order valence-electron chi connectivity index (χ4n) is 2.47. The van der Waals surface area contributed by atoms with Gasteiger partial charge in [0.1, 0.15) is 6.26 Å². The Bertz CT molecular complexity index is 407. The van der Waals surface area contributed by atoms with E-state index in [4.69, 9.17) is 4.42 Å². The number of rotatable bonds is 9. The van der Waals surface area contributed by atoms with Crippen molar-refractivity contribution in [2.24, 2.45) is 17.8 Å². The normalized spacial score (nSPS) is 18.8. The van der Waals surface area contributed by atoms with E-state index >= 15 is 0 Å². The van der Waals surface area contributed by atoms with Gasteiger partial charge in [-0.25, -0.2) is 0 Å². The lowest BCUT2D eigenvalue weighted by Crippen LogP contribution is -2.28. The van der Waals surface area contributed by atoms with Crippen LogP contribution in [-0.2, 0) is 6.54 Å². The molecule has 0 spiro atoms. The summed E-state index contributed by atoms with van der Waals surface area (Å²) in [6, 6.07) is 0.838. The van der Waals surface area contributed by atoms with Gasteiger partial charge in [-0.3, -0.25) is 0 Å². The van der Waals surface area contributed by atoms with Crippen molar-refractivity contribution in [3.8, 4) is 0 Å². The fourth-order valence-corrected chi connectivity index (χ4v) is 2.47. The van der Waals surface area contributed by atoms with Crippen LogP contribution in [0.15, 0.2) is 10.7 Å². The molecule has 4 heteroatoms. The smallest absolute Gasteiger partial charge is 0.297 e. The van der Waals surface area contributed by atoms with Gasteiger partial charge in [-0.1, -0.05) is 13.8 Å². The zero-order valence-corrected chi connectivity index (χ0v) is 12.8. The monoisotopic (exact) mass is 277 g/mol. The van der Waals surface area contributed by atoms with Gasteiger partial charge in [0.2, 0.25) is 0 Å². The Labute approximate surface area is 121 Å². The maximum Gasteiger partial charge on any atom is 0.297 e. The molecule has 112 valence electrons. The second-order valence-electron chi connectivity index (χ2n) is 6.94. The third-order valence-corrected chi connectivity index (χ3v) is 4.02. The summed E-state index contributed by atoms with van der Waals surface area (Å²) in [4.78, 5) is 7.04. The van der Waals surface area contributed by atoms with Crippen molar-refractivity contribution < 1.29 is 4.42 Å².